The summed E-state index contributed by atoms with van der Waals surface area (Å²) in [5, 5.41) is 12.6. The number of para-hydroxylation sites is 3. The second-order valence-electron chi connectivity index (χ2n) is 7.24. The molecule has 0 fully saturated rings. The smallest absolute Gasteiger partial charge is 0.243 e. The fourth-order valence-corrected chi connectivity index (χ4v) is 3.53. The molecule has 1 aliphatic rings. The van der Waals surface area contributed by atoms with E-state index in [-0.39, 0.29) is 18.3 Å². The Morgan fingerprint density at radius 2 is 1.76 bits per heavy atom. The highest BCUT2D eigenvalue weighted by Gasteiger charge is 2.49. The summed E-state index contributed by atoms with van der Waals surface area (Å²) in [7, 11) is 1.74. The fourth-order valence-electron chi connectivity index (χ4n) is 3.53. The van der Waals surface area contributed by atoms with E-state index in [0.29, 0.717) is 34.4 Å². The van der Waals surface area contributed by atoms with Crippen LogP contribution >= 0.6 is 0 Å². The SMILES string of the molecule is CNc1nc(CO)nc2c1C(C)(C)C(=O)N2c1ccccc1Oc1ccccc1. The lowest BCUT2D eigenvalue weighted by Gasteiger charge is -2.22. The van der Waals surface area contributed by atoms with E-state index >= 15 is 0 Å². The van der Waals surface area contributed by atoms with Crippen molar-refractivity contribution in [1.29, 1.82) is 0 Å². The molecule has 3 aromatic rings. The first kappa shape index (κ1) is 18.9. The molecule has 7 nitrogen and oxygen atoms in total. The monoisotopic (exact) mass is 390 g/mol. The van der Waals surface area contributed by atoms with E-state index in [1.54, 1.807) is 11.9 Å². The van der Waals surface area contributed by atoms with Gasteiger partial charge in [0, 0.05) is 7.05 Å². The number of fused-ring (bicyclic) bond motifs is 1. The molecule has 0 spiro atoms. The van der Waals surface area contributed by atoms with E-state index in [1.807, 2.05) is 68.4 Å². The molecule has 0 radical (unpaired) electrons. The Labute approximate surface area is 169 Å². The number of nitrogens with one attached hydrogen (secondary N) is 1. The maximum atomic E-state index is 13.5. The summed E-state index contributed by atoms with van der Waals surface area (Å²) in [5.74, 6) is 2.28. The van der Waals surface area contributed by atoms with Gasteiger partial charge in [-0.25, -0.2) is 9.97 Å². The van der Waals surface area contributed by atoms with Crippen LogP contribution in [0.4, 0.5) is 17.3 Å². The van der Waals surface area contributed by atoms with Crippen molar-refractivity contribution in [3.8, 4) is 11.5 Å². The van der Waals surface area contributed by atoms with E-state index in [0.717, 1.165) is 0 Å². The fraction of sp³-hybridized carbons (Fsp3) is 0.227. The Kier molecular flexibility index (Phi) is 4.68. The average Bonchev–Trinajstić information content (AvgIpc) is 2.94. The predicted octanol–water partition coefficient (Wildman–Crippen LogP) is 3.76. The Balaban J connectivity index is 1.89. The van der Waals surface area contributed by atoms with Crippen LogP contribution in [0.1, 0.15) is 25.2 Å². The van der Waals surface area contributed by atoms with Gasteiger partial charge in [-0.1, -0.05) is 30.3 Å². The molecule has 0 atom stereocenters. The van der Waals surface area contributed by atoms with E-state index < -0.39 is 5.41 Å². The topological polar surface area (TPSA) is 87.6 Å². The Hall–Kier alpha value is -3.45. The lowest BCUT2D eigenvalue weighted by Crippen LogP contribution is -2.33. The zero-order chi connectivity index (χ0) is 20.6. The summed E-state index contributed by atoms with van der Waals surface area (Å²) in [6, 6.07) is 16.7. The Bertz CT molecular complexity index is 1070. The summed E-state index contributed by atoms with van der Waals surface area (Å²) in [6.45, 7) is 3.36. The molecule has 2 heterocycles. The summed E-state index contributed by atoms with van der Waals surface area (Å²) in [6.07, 6.45) is 0. The number of benzene rings is 2. The molecular formula is C22H22N4O3. The number of carbonyl (C=O) groups excluding carboxylic acids is 1. The van der Waals surface area contributed by atoms with Crippen LogP contribution in [-0.2, 0) is 16.8 Å². The van der Waals surface area contributed by atoms with Crippen LogP contribution < -0.4 is 15.0 Å². The van der Waals surface area contributed by atoms with Gasteiger partial charge in [0.2, 0.25) is 5.91 Å². The van der Waals surface area contributed by atoms with Gasteiger partial charge in [0.1, 0.15) is 24.0 Å². The van der Waals surface area contributed by atoms with Crippen molar-refractivity contribution in [3.63, 3.8) is 0 Å². The molecule has 0 unspecified atom stereocenters. The zero-order valence-corrected chi connectivity index (χ0v) is 16.5. The maximum absolute atomic E-state index is 13.5. The highest BCUT2D eigenvalue weighted by molar-refractivity contribution is 6.13. The first-order chi connectivity index (χ1) is 14.0. The average molecular weight is 390 g/mol. The molecule has 0 aliphatic carbocycles. The molecule has 148 valence electrons. The second-order valence-corrected chi connectivity index (χ2v) is 7.24. The van der Waals surface area contributed by atoms with Crippen LogP contribution in [0.5, 0.6) is 11.5 Å². The minimum atomic E-state index is -0.846. The van der Waals surface area contributed by atoms with Gasteiger partial charge in [-0.05, 0) is 38.1 Å². The number of rotatable bonds is 5. The quantitative estimate of drug-likeness (QED) is 0.690. The number of aliphatic hydroxyl groups is 1. The number of nitrogens with zero attached hydrogens (tertiary/aromatic N) is 3. The van der Waals surface area contributed by atoms with Crippen molar-refractivity contribution in [1.82, 2.24) is 9.97 Å². The molecule has 29 heavy (non-hydrogen) atoms. The van der Waals surface area contributed by atoms with Crippen molar-refractivity contribution < 1.29 is 14.6 Å². The molecule has 0 bridgehead atoms. The van der Waals surface area contributed by atoms with E-state index in [1.165, 1.54) is 0 Å². The lowest BCUT2D eigenvalue weighted by atomic mass is 9.87. The summed E-state index contributed by atoms with van der Waals surface area (Å²) in [4.78, 5) is 23.8. The largest absolute Gasteiger partial charge is 0.455 e. The van der Waals surface area contributed by atoms with Gasteiger partial charge < -0.3 is 15.2 Å². The highest BCUT2D eigenvalue weighted by atomic mass is 16.5. The van der Waals surface area contributed by atoms with Crippen molar-refractivity contribution >= 4 is 23.2 Å². The van der Waals surface area contributed by atoms with Crippen LogP contribution in [0.3, 0.4) is 0 Å². The molecular weight excluding hydrogens is 368 g/mol. The second kappa shape index (κ2) is 7.18. The van der Waals surface area contributed by atoms with E-state index in [4.69, 9.17) is 4.74 Å². The number of carbonyl (C=O) groups is 1. The number of aromatic nitrogens is 2. The third-order valence-electron chi connectivity index (χ3n) is 4.97. The number of hydrogen-bond donors (Lipinski definition) is 2. The van der Waals surface area contributed by atoms with E-state index in [2.05, 4.69) is 15.3 Å². The third-order valence-corrected chi connectivity index (χ3v) is 4.97. The molecule has 0 saturated carbocycles. The predicted molar refractivity (Wildman–Crippen MR) is 111 cm³/mol. The number of aliphatic hydroxyl groups excluding tert-OH is 1. The van der Waals surface area contributed by atoms with Gasteiger partial charge in [0.25, 0.3) is 0 Å². The van der Waals surface area contributed by atoms with Gasteiger partial charge in [-0.2, -0.15) is 0 Å². The zero-order valence-electron chi connectivity index (χ0n) is 16.5. The molecule has 2 N–H and O–H groups in total. The van der Waals surface area contributed by atoms with Crippen LogP contribution in [0.15, 0.2) is 54.6 Å². The lowest BCUT2D eigenvalue weighted by molar-refractivity contribution is -0.121. The molecule has 1 aliphatic heterocycles. The van der Waals surface area contributed by atoms with E-state index in [9.17, 15) is 9.90 Å². The first-order valence-electron chi connectivity index (χ1n) is 9.34. The first-order valence-corrected chi connectivity index (χ1v) is 9.34. The minimum absolute atomic E-state index is 0.141. The van der Waals surface area contributed by atoms with Crippen LogP contribution in [-0.4, -0.2) is 28.0 Å². The molecule has 4 rings (SSSR count). The van der Waals surface area contributed by atoms with Gasteiger partial charge >= 0.3 is 0 Å². The summed E-state index contributed by atoms with van der Waals surface area (Å²) in [5.41, 5.74) is 0.427. The number of ether oxygens (including phenoxy) is 1. The molecule has 0 saturated heterocycles. The van der Waals surface area contributed by atoms with Gasteiger partial charge in [0.15, 0.2) is 11.6 Å². The molecule has 1 aromatic heterocycles. The van der Waals surface area contributed by atoms with Crippen LogP contribution in [0.25, 0.3) is 0 Å². The Morgan fingerprint density at radius 3 is 2.45 bits per heavy atom. The van der Waals surface area contributed by atoms with Gasteiger partial charge in [-0.3, -0.25) is 9.69 Å². The number of hydrogen-bond acceptors (Lipinski definition) is 6. The van der Waals surface area contributed by atoms with Crippen LogP contribution in [0, 0.1) is 0 Å². The summed E-state index contributed by atoms with van der Waals surface area (Å²) < 4.78 is 6.06. The molecule has 1 amide bonds. The molecule has 7 heteroatoms. The normalized spacial score (nSPS) is 14.6. The van der Waals surface area contributed by atoms with Crippen molar-refractivity contribution in [3.05, 3.63) is 66.0 Å². The minimum Gasteiger partial charge on any atom is -0.455 e. The van der Waals surface area contributed by atoms with Crippen molar-refractivity contribution in [2.24, 2.45) is 0 Å². The highest BCUT2D eigenvalue weighted by Crippen LogP contribution is 2.49. The Morgan fingerprint density at radius 1 is 1.07 bits per heavy atom. The third kappa shape index (κ3) is 3.09. The van der Waals surface area contributed by atoms with Crippen molar-refractivity contribution in [2.45, 2.75) is 25.9 Å². The van der Waals surface area contributed by atoms with Crippen LogP contribution in [0.2, 0.25) is 0 Å². The molecule has 2 aromatic carbocycles. The van der Waals surface area contributed by atoms with Crippen molar-refractivity contribution in [2.75, 3.05) is 17.3 Å². The van der Waals surface area contributed by atoms with Gasteiger partial charge in [-0.15, -0.1) is 0 Å². The number of amides is 1. The summed E-state index contributed by atoms with van der Waals surface area (Å²) >= 11 is 0. The standard InChI is InChI=1S/C22H22N4O3/c1-22(2)18-19(23-3)24-17(13-27)25-20(18)26(21(22)28)15-11-7-8-12-16(15)29-14-9-5-4-6-10-14/h4-12,27H,13H2,1-3H3,(H,23,24,25). The number of anilines is 3. The van der Waals surface area contributed by atoms with Gasteiger partial charge in [0.05, 0.1) is 16.7 Å². The maximum Gasteiger partial charge on any atom is 0.243 e.